The summed E-state index contributed by atoms with van der Waals surface area (Å²) in [5, 5.41) is 4.09. The van der Waals surface area contributed by atoms with Gasteiger partial charge in [0.25, 0.3) is 0 Å². The van der Waals surface area contributed by atoms with Gasteiger partial charge in [-0.25, -0.2) is 4.39 Å². The fraction of sp³-hybridized carbons (Fsp3) is 0.350. The van der Waals surface area contributed by atoms with Crippen molar-refractivity contribution in [1.29, 1.82) is 0 Å². The van der Waals surface area contributed by atoms with Gasteiger partial charge in [0.1, 0.15) is 11.6 Å². The van der Waals surface area contributed by atoms with E-state index in [1.54, 1.807) is 19.2 Å². The molecule has 0 spiro atoms. The number of anilines is 1. The number of benzene rings is 2. The number of hydrogen-bond donors (Lipinski definition) is 1. The number of methoxy groups -OCH3 is 1. The number of hydrogen-bond acceptors (Lipinski definition) is 3. The Morgan fingerprint density at radius 2 is 2.11 bits per heavy atom. The number of nitrogens with zero attached hydrogens (tertiary/aromatic N) is 1. The molecule has 2 aromatic carbocycles. The van der Waals surface area contributed by atoms with Crippen molar-refractivity contribution in [3.8, 4) is 5.75 Å². The lowest BCUT2D eigenvalue weighted by atomic mass is 10.1. The van der Waals surface area contributed by atoms with Crippen LogP contribution in [0.5, 0.6) is 5.75 Å². The second-order valence-corrected chi connectivity index (χ2v) is 7.17. The van der Waals surface area contributed by atoms with Crippen LogP contribution in [0.15, 0.2) is 42.5 Å². The zero-order valence-electron chi connectivity index (χ0n) is 15.1. The summed E-state index contributed by atoms with van der Waals surface area (Å²) in [5.41, 5.74) is 1.26. The highest BCUT2D eigenvalue weighted by atomic mass is 35.5. The predicted molar refractivity (Wildman–Crippen MR) is 110 cm³/mol. The van der Waals surface area contributed by atoms with E-state index in [9.17, 15) is 4.39 Å². The number of nitrogens with one attached hydrogen (secondary N) is 1. The number of halogens is 2. The van der Waals surface area contributed by atoms with Crippen LogP contribution in [0.2, 0.25) is 5.02 Å². The third-order valence-corrected chi connectivity index (χ3v) is 5.20. The number of rotatable bonds is 6. The Morgan fingerprint density at radius 1 is 1.33 bits per heavy atom. The van der Waals surface area contributed by atoms with Gasteiger partial charge in [0.15, 0.2) is 5.11 Å². The van der Waals surface area contributed by atoms with Crippen LogP contribution < -0.4 is 10.1 Å². The van der Waals surface area contributed by atoms with Crippen molar-refractivity contribution in [1.82, 2.24) is 4.90 Å². The van der Waals surface area contributed by atoms with Crippen molar-refractivity contribution in [2.45, 2.75) is 25.5 Å². The Kier molecular flexibility index (Phi) is 6.88. The van der Waals surface area contributed by atoms with Crippen molar-refractivity contribution >= 4 is 34.6 Å². The molecule has 1 heterocycles. The SMILES string of the molecule is COc1ccc(NC(=S)N(Cc2c(F)cccc2Cl)C[C@@H]2CCCO2)cc1. The molecule has 7 heteroatoms. The summed E-state index contributed by atoms with van der Waals surface area (Å²) in [4.78, 5) is 1.90. The Hall–Kier alpha value is -1.89. The minimum absolute atomic E-state index is 0.0752. The molecule has 1 atom stereocenters. The molecule has 4 nitrogen and oxygen atoms in total. The second-order valence-electron chi connectivity index (χ2n) is 6.37. The number of thiocarbonyl (C=S) groups is 1. The average molecular weight is 409 g/mol. The summed E-state index contributed by atoms with van der Waals surface area (Å²) in [6.45, 7) is 1.59. The molecular weight excluding hydrogens is 387 g/mol. The molecule has 0 saturated carbocycles. The molecule has 144 valence electrons. The van der Waals surface area contributed by atoms with E-state index in [1.165, 1.54) is 6.07 Å². The van der Waals surface area contributed by atoms with Crippen LogP contribution in [0, 0.1) is 5.82 Å². The van der Waals surface area contributed by atoms with E-state index < -0.39 is 0 Å². The van der Waals surface area contributed by atoms with Crippen molar-refractivity contribution < 1.29 is 13.9 Å². The van der Waals surface area contributed by atoms with Crippen molar-refractivity contribution in [2.24, 2.45) is 0 Å². The molecule has 0 radical (unpaired) electrons. The van der Waals surface area contributed by atoms with Gasteiger partial charge in [0, 0.05) is 36.0 Å². The smallest absolute Gasteiger partial charge is 0.173 e. The Morgan fingerprint density at radius 3 is 2.74 bits per heavy atom. The lowest BCUT2D eigenvalue weighted by Crippen LogP contribution is -2.39. The van der Waals surface area contributed by atoms with E-state index >= 15 is 0 Å². The third kappa shape index (κ3) is 5.31. The maximum atomic E-state index is 14.3. The maximum Gasteiger partial charge on any atom is 0.173 e. The zero-order chi connectivity index (χ0) is 19.2. The molecule has 1 aliphatic heterocycles. The van der Waals surface area contributed by atoms with Gasteiger partial charge in [0.05, 0.1) is 13.2 Å². The molecule has 1 fully saturated rings. The highest BCUT2D eigenvalue weighted by Gasteiger charge is 2.23. The van der Waals surface area contributed by atoms with Gasteiger partial charge in [0.2, 0.25) is 0 Å². The normalized spacial score (nSPS) is 16.2. The maximum absolute atomic E-state index is 14.3. The molecule has 0 aliphatic carbocycles. The average Bonchev–Trinajstić information content (AvgIpc) is 3.17. The summed E-state index contributed by atoms with van der Waals surface area (Å²) in [6.07, 6.45) is 2.07. The Labute approximate surface area is 169 Å². The molecule has 2 aromatic rings. The molecule has 3 rings (SSSR count). The van der Waals surface area contributed by atoms with Crippen LogP contribution in [0.25, 0.3) is 0 Å². The van der Waals surface area contributed by atoms with Gasteiger partial charge in [-0.3, -0.25) is 0 Å². The van der Waals surface area contributed by atoms with Gasteiger partial charge in [-0.2, -0.15) is 0 Å². The second kappa shape index (κ2) is 9.35. The molecule has 1 saturated heterocycles. The monoisotopic (exact) mass is 408 g/mol. The van der Waals surface area contributed by atoms with Crippen LogP contribution in [-0.2, 0) is 11.3 Å². The van der Waals surface area contributed by atoms with Crippen LogP contribution in [0.3, 0.4) is 0 Å². The quantitative estimate of drug-likeness (QED) is 0.690. The van der Waals surface area contributed by atoms with Gasteiger partial charge < -0.3 is 19.7 Å². The first kappa shape index (κ1) is 19.9. The highest BCUT2D eigenvalue weighted by Crippen LogP contribution is 2.23. The summed E-state index contributed by atoms with van der Waals surface area (Å²) >= 11 is 11.8. The minimum atomic E-state index is -0.341. The highest BCUT2D eigenvalue weighted by molar-refractivity contribution is 7.80. The van der Waals surface area contributed by atoms with Crippen molar-refractivity contribution in [3.05, 3.63) is 58.9 Å². The van der Waals surface area contributed by atoms with Crippen LogP contribution in [0.1, 0.15) is 18.4 Å². The standard InChI is InChI=1S/C20H22ClFN2O2S/c1-25-15-9-7-14(8-10-15)23-20(27)24(12-16-4-3-11-26-16)13-17-18(21)5-2-6-19(17)22/h2,5-10,16H,3-4,11-13H2,1H3,(H,23,27)/t16-/m0/s1. The van der Waals surface area contributed by atoms with Gasteiger partial charge in [-0.15, -0.1) is 0 Å². The Bertz CT molecular complexity index is 762. The van der Waals surface area contributed by atoms with E-state index in [1.807, 2.05) is 29.2 Å². The van der Waals surface area contributed by atoms with Gasteiger partial charge in [-0.1, -0.05) is 17.7 Å². The molecule has 27 heavy (non-hydrogen) atoms. The van der Waals surface area contributed by atoms with E-state index in [2.05, 4.69) is 5.32 Å². The van der Waals surface area contributed by atoms with Gasteiger partial charge >= 0.3 is 0 Å². The van der Waals surface area contributed by atoms with E-state index in [-0.39, 0.29) is 18.5 Å². The molecule has 1 N–H and O–H groups in total. The van der Waals surface area contributed by atoms with E-state index in [4.69, 9.17) is 33.3 Å². The molecule has 1 aliphatic rings. The Balaban J connectivity index is 1.76. The van der Waals surface area contributed by atoms with Crippen LogP contribution in [-0.4, -0.2) is 36.4 Å². The first-order valence-corrected chi connectivity index (χ1v) is 9.60. The number of ether oxygens (including phenoxy) is 2. The summed E-state index contributed by atoms with van der Waals surface area (Å²) < 4.78 is 25.2. The summed E-state index contributed by atoms with van der Waals surface area (Å²) in [6, 6.07) is 12.2. The topological polar surface area (TPSA) is 33.7 Å². The molecule has 0 unspecified atom stereocenters. The minimum Gasteiger partial charge on any atom is -0.497 e. The van der Waals surface area contributed by atoms with E-state index in [0.29, 0.717) is 22.2 Å². The molecule has 0 bridgehead atoms. The zero-order valence-corrected chi connectivity index (χ0v) is 16.7. The fourth-order valence-corrected chi connectivity index (χ4v) is 3.48. The molecule has 0 aromatic heterocycles. The van der Waals surface area contributed by atoms with Crippen molar-refractivity contribution in [3.63, 3.8) is 0 Å². The first-order chi connectivity index (χ1) is 13.1. The third-order valence-electron chi connectivity index (χ3n) is 4.49. The molecule has 0 amide bonds. The van der Waals surface area contributed by atoms with Crippen molar-refractivity contribution in [2.75, 3.05) is 25.6 Å². The van der Waals surface area contributed by atoms with Gasteiger partial charge in [-0.05, 0) is 61.5 Å². The van der Waals surface area contributed by atoms with E-state index in [0.717, 1.165) is 30.9 Å². The lowest BCUT2D eigenvalue weighted by Gasteiger charge is -2.29. The summed E-state index contributed by atoms with van der Waals surface area (Å²) in [7, 11) is 1.62. The fourth-order valence-electron chi connectivity index (χ4n) is 3.00. The predicted octanol–water partition coefficient (Wildman–Crippen LogP) is 4.87. The summed E-state index contributed by atoms with van der Waals surface area (Å²) in [5.74, 6) is 0.424. The van der Waals surface area contributed by atoms with Crippen LogP contribution in [0.4, 0.5) is 10.1 Å². The van der Waals surface area contributed by atoms with Crippen LogP contribution >= 0.6 is 23.8 Å². The first-order valence-electron chi connectivity index (χ1n) is 8.81. The lowest BCUT2D eigenvalue weighted by molar-refractivity contribution is 0.0903. The molecular formula is C20H22ClFN2O2S. The largest absolute Gasteiger partial charge is 0.497 e.